The van der Waals surface area contributed by atoms with Crippen molar-refractivity contribution in [2.75, 3.05) is 0 Å². The first-order chi connectivity index (χ1) is 5.33. The molecule has 0 saturated carbocycles. The number of carbonyl (C=O) groups excluding carboxylic acids is 1. The Balaban J connectivity index is 2.57. The fourth-order valence-electron chi connectivity index (χ4n) is 1.83. The summed E-state index contributed by atoms with van der Waals surface area (Å²) in [6.45, 7) is 0. The molecular weight excluding hydrogens is 138 g/mol. The van der Waals surface area contributed by atoms with Crippen LogP contribution in [-0.2, 0) is 19.9 Å². The molecule has 2 rings (SSSR count). The lowest BCUT2D eigenvalue weighted by atomic mass is 10.2. The van der Waals surface area contributed by atoms with Crippen molar-refractivity contribution in [3.8, 4) is 0 Å². The van der Waals surface area contributed by atoms with Crippen LogP contribution in [0.2, 0.25) is 0 Å². The molecule has 0 aromatic carbocycles. The van der Waals surface area contributed by atoms with Gasteiger partial charge in [0.05, 0.1) is 5.69 Å². The number of fused-ring (bicyclic) bond motifs is 1. The largest absolute Gasteiger partial charge is 0.345 e. The Labute approximate surface area is 65.8 Å². The summed E-state index contributed by atoms with van der Waals surface area (Å²) in [5.41, 5.74) is 3.54. The van der Waals surface area contributed by atoms with Crippen LogP contribution in [0.3, 0.4) is 0 Å². The SMILES string of the molecule is Cn1c(C=O)cc2c1CCC2. The molecule has 1 aromatic rings. The smallest absolute Gasteiger partial charge is 0.166 e. The van der Waals surface area contributed by atoms with Gasteiger partial charge < -0.3 is 4.57 Å². The van der Waals surface area contributed by atoms with Crippen LogP contribution in [0.4, 0.5) is 0 Å². The van der Waals surface area contributed by atoms with E-state index in [0.29, 0.717) is 0 Å². The predicted molar refractivity (Wildman–Crippen MR) is 42.8 cm³/mol. The average Bonchev–Trinajstić information content (AvgIpc) is 2.53. The second kappa shape index (κ2) is 2.22. The highest BCUT2D eigenvalue weighted by Crippen LogP contribution is 2.23. The zero-order valence-corrected chi connectivity index (χ0v) is 6.63. The summed E-state index contributed by atoms with van der Waals surface area (Å²) in [5.74, 6) is 0. The topological polar surface area (TPSA) is 22.0 Å². The first-order valence-electron chi connectivity index (χ1n) is 3.95. The van der Waals surface area contributed by atoms with Crippen LogP contribution in [0, 0.1) is 0 Å². The number of aldehydes is 1. The number of hydrogen-bond donors (Lipinski definition) is 0. The molecular formula is C9H11NO. The molecule has 1 aromatic heterocycles. The number of aryl methyl sites for hydroxylation is 1. The van der Waals surface area contributed by atoms with E-state index in [2.05, 4.69) is 0 Å². The molecule has 1 heterocycles. The van der Waals surface area contributed by atoms with Gasteiger partial charge in [-0.3, -0.25) is 4.79 Å². The van der Waals surface area contributed by atoms with Crippen LogP contribution < -0.4 is 0 Å². The van der Waals surface area contributed by atoms with Gasteiger partial charge in [-0.2, -0.15) is 0 Å². The van der Waals surface area contributed by atoms with Crippen molar-refractivity contribution in [2.24, 2.45) is 7.05 Å². The van der Waals surface area contributed by atoms with Crippen molar-refractivity contribution < 1.29 is 4.79 Å². The Morgan fingerprint density at radius 3 is 3.00 bits per heavy atom. The zero-order chi connectivity index (χ0) is 7.84. The summed E-state index contributed by atoms with van der Waals surface area (Å²) >= 11 is 0. The van der Waals surface area contributed by atoms with Crippen molar-refractivity contribution in [3.05, 3.63) is 23.0 Å². The van der Waals surface area contributed by atoms with Gasteiger partial charge in [0.1, 0.15) is 0 Å². The number of carbonyl (C=O) groups is 1. The summed E-state index contributed by atoms with van der Waals surface area (Å²) in [6, 6.07) is 2.01. The molecule has 0 bridgehead atoms. The van der Waals surface area contributed by atoms with Crippen molar-refractivity contribution in [2.45, 2.75) is 19.3 Å². The van der Waals surface area contributed by atoms with Crippen LogP contribution in [0.25, 0.3) is 0 Å². The summed E-state index contributed by atoms with van der Waals surface area (Å²) < 4.78 is 2.01. The molecule has 0 radical (unpaired) electrons. The second-order valence-corrected chi connectivity index (χ2v) is 3.07. The third-order valence-electron chi connectivity index (χ3n) is 2.47. The average molecular weight is 149 g/mol. The number of rotatable bonds is 1. The van der Waals surface area contributed by atoms with E-state index in [1.54, 1.807) is 0 Å². The van der Waals surface area contributed by atoms with Gasteiger partial charge in [0.25, 0.3) is 0 Å². The van der Waals surface area contributed by atoms with Crippen LogP contribution >= 0.6 is 0 Å². The van der Waals surface area contributed by atoms with Crippen molar-refractivity contribution in [1.82, 2.24) is 4.57 Å². The molecule has 0 fully saturated rings. The summed E-state index contributed by atoms with van der Waals surface area (Å²) in [7, 11) is 1.97. The lowest BCUT2D eigenvalue weighted by molar-refractivity contribution is 0.111. The molecule has 0 unspecified atom stereocenters. The number of hydrogen-bond acceptors (Lipinski definition) is 1. The van der Waals surface area contributed by atoms with E-state index >= 15 is 0 Å². The highest BCUT2D eigenvalue weighted by atomic mass is 16.1. The first-order valence-corrected chi connectivity index (χ1v) is 3.95. The van der Waals surface area contributed by atoms with Gasteiger partial charge in [0.2, 0.25) is 0 Å². The van der Waals surface area contributed by atoms with Gasteiger partial charge in [-0.15, -0.1) is 0 Å². The zero-order valence-electron chi connectivity index (χ0n) is 6.63. The lowest BCUT2D eigenvalue weighted by Gasteiger charge is -1.98. The quantitative estimate of drug-likeness (QED) is 0.552. The molecule has 1 aliphatic rings. The van der Waals surface area contributed by atoms with E-state index in [-0.39, 0.29) is 0 Å². The number of aromatic nitrogens is 1. The van der Waals surface area contributed by atoms with Crippen molar-refractivity contribution in [3.63, 3.8) is 0 Å². The Bertz CT molecular complexity index is 299. The van der Waals surface area contributed by atoms with E-state index in [4.69, 9.17) is 0 Å². The minimum atomic E-state index is 0.815. The molecule has 0 aliphatic heterocycles. The van der Waals surface area contributed by atoms with E-state index in [1.807, 2.05) is 17.7 Å². The van der Waals surface area contributed by atoms with Gasteiger partial charge in [0, 0.05) is 12.7 Å². The Kier molecular flexibility index (Phi) is 1.34. The van der Waals surface area contributed by atoms with Crippen molar-refractivity contribution >= 4 is 6.29 Å². The molecule has 58 valence electrons. The molecule has 0 saturated heterocycles. The molecule has 0 N–H and O–H groups in total. The van der Waals surface area contributed by atoms with Gasteiger partial charge in [-0.05, 0) is 30.9 Å². The fraction of sp³-hybridized carbons (Fsp3) is 0.444. The second-order valence-electron chi connectivity index (χ2n) is 3.07. The number of nitrogens with zero attached hydrogens (tertiary/aromatic N) is 1. The molecule has 0 atom stereocenters. The molecule has 2 nitrogen and oxygen atoms in total. The van der Waals surface area contributed by atoms with Gasteiger partial charge >= 0.3 is 0 Å². The van der Waals surface area contributed by atoms with Gasteiger partial charge in [-0.1, -0.05) is 0 Å². The highest BCUT2D eigenvalue weighted by Gasteiger charge is 2.16. The Morgan fingerprint density at radius 2 is 2.36 bits per heavy atom. The molecule has 2 heteroatoms. The van der Waals surface area contributed by atoms with Gasteiger partial charge in [0.15, 0.2) is 6.29 Å². The first kappa shape index (κ1) is 6.65. The van der Waals surface area contributed by atoms with E-state index in [0.717, 1.165) is 24.8 Å². The van der Waals surface area contributed by atoms with Crippen LogP contribution in [-0.4, -0.2) is 10.9 Å². The minimum absolute atomic E-state index is 0.815. The Hall–Kier alpha value is -1.05. The van der Waals surface area contributed by atoms with Crippen LogP contribution in [0.5, 0.6) is 0 Å². The van der Waals surface area contributed by atoms with Crippen LogP contribution in [0.15, 0.2) is 6.07 Å². The van der Waals surface area contributed by atoms with E-state index < -0.39 is 0 Å². The summed E-state index contributed by atoms with van der Waals surface area (Å²) in [4.78, 5) is 10.5. The summed E-state index contributed by atoms with van der Waals surface area (Å²) in [5, 5.41) is 0. The lowest BCUT2D eigenvalue weighted by Crippen LogP contribution is -1.98. The summed E-state index contributed by atoms with van der Waals surface area (Å²) in [6.07, 6.45) is 4.46. The maximum Gasteiger partial charge on any atom is 0.166 e. The van der Waals surface area contributed by atoms with Crippen LogP contribution in [0.1, 0.15) is 28.2 Å². The van der Waals surface area contributed by atoms with E-state index in [1.165, 1.54) is 17.7 Å². The third kappa shape index (κ3) is 0.821. The van der Waals surface area contributed by atoms with E-state index in [9.17, 15) is 4.79 Å². The molecule has 0 amide bonds. The molecule has 0 spiro atoms. The molecule has 11 heavy (non-hydrogen) atoms. The monoisotopic (exact) mass is 149 g/mol. The normalized spacial score (nSPS) is 15.0. The Morgan fingerprint density at radius 1 is 1.55 bits per heavy atom. The maximum atomic E-state index is 10.5. The minimum Gasteiger partial charge on any atom is -0.345 e. The standard InChI is InChI=1S/C9H11NO/c1-10-8(6-11)5-7-3-2-4-9(7)10/h5-6H,2-4H2,1H3. The maximum absolute atomic E-state index is 10.5. The predicted octanol–water partition coefficient (Wildman–Crippen LogP) is 1.33. The van der Waals surface area contributed by atoms with Crippen molar-refractivity contribution in [1.29, 1.82) is 0 Å². The third-order valence-corrected chi connectivity index (χ3v) is 2.47. The van der Waals surface area contributed by atoms with Gasteiger partial charge in [-0.25, -0.2) is 0 Å². The molecule has 1 aliphatic carbocycles. The highest BCUT2D eigenvalue weighted by molar-refractivity contribution is 5.73. The fourth-order valence-corrected chi connectivity index (χ4v) is 1.83.